The molecule has 9 atom stereocenters. The van der Waals surface area contributed by atoms with Gasteiger partial charge in [0.05, 0.1) is 6.61 Å². The third-order valence-corrected chi connectivity index (χ3v) is 8.91. The normalized spacial score (nSPS) is 41.3. The van der Waals surface area contributed by atoms with Gasteiger partial charge in [0.25, 0.3) is 0 Å². The van der Waals surface area contributed by atoms with E-state index in [2.05, 4.69) is 18.3 Å². The van der Waals surface area contributed by atoms with Crippen molar-refractivity contribution >= 4 is 11.7 Å². The molecule has 1 aromatic carbocycles. The topological polar surface area (TPSA) is 125 Å². The first-order valence-corrected chi connectivity index (χ1v) is 12.4. The van der Waals surface area contributed by atoms with E-state index in [1.54, 1.807) is 0 Å². The Bertz CT molecular complexity index is 966. The number of nitrogens with one attached hydrogen (secondary N) is 1. The molecule has 4 N–H and O–H groups in total. The van der Waals surface area contributed by atoms with Crippen molar-refractivity contribution in [1.82, 2.24) is 5.32 Å². The molecule has 1 aromatic rings. The largest absolute Gasteiger partial charge is 0.463 e. The SMILES string of the molecule is CC(=O)N[C@H]1[C@H](Oc2ccc3c(c2)CCC2C3CC[C@]3(C)C(=O)CCC23)O[C@H](CO)[C@@H](O)[C@@H]1O. The van der Waals surface area contributed by atoms with Gasteiger partial charge in [-0.05, 0) is 73.1 Å². The average Bonchev–Trinajstić information content (AvgIpc) is 3.12. The number of aliphatic hydroxyl groups excluding tert-OH is 3. The second-order valence-electron chi connectivity index (χ2n) is 10.7. The van der Waals surface area contributed by atoms with Gasteiger partial charge in [0, 0.05) is 18.8 Å². The number of aliphatic hydroxyl groups is 3. The predicted octanol–water partition coefficient (Wildman–Crippen LogP) is 1.43. The van der Waals surface area contributed by atoms with Crippen LogP contribution >= 0.6 is 0 Å². The average molecular weight is 474 g/mol. The molecule has 2 saturated carbocycles. The second kappa shape index (κ2) is 8.90. The molecule has 1 aliphatic heterocycles. The van der Waals surface area contributed by atoms with Gasteiger partial charge >= 0.3 is 0 Å². The van der Waals surface area contributed by atoms with Gasteiger partial charge in [-0.15, -0.1) is 0 Å². The zero-order valence-corrected chi connectivity index (χ0v) is 19.8. The van der Waals surface area contributed by atoms with Crippen molar-refractivity contribution in [3.05, 3.63) is 29.3 Å². The van der Waals surface area contributed by atoms with Crippen LogP contribution in [-0.2, 0) is 20.7 Å². The third-order valence-electron chi connectivity index (χ3n) is 8.91. The summed E-state index contributed by atoms with van der Waals surface area (Å²) in [5, 5.41) is 32.9. The van der Waals surface area contributed by atoms with Gasteiger partial charge < -0.3 is 30.1 Å². The van der Waals surface area contributed by atoms with Gasteiger partial charge in [-0.1, -0.05) is 13.0 Å². The maximum Gasteiger partial charge on any atom is 0.223 e. The van der Waals surface area contributed by atoms with E-state index in [1.807, 2.05) is 12.1 Å². The number of ketones is 1. The summed E-state index contributed by atoms with van der Waals surface area (Å²) in [6, 6.07) is 5.01. The Morgan fingerprint density at radius 2 is 2.00 bits per heavy atom. The highest BCUT2D eigenvalue weighted by Crippen LogP contribution is 2.59. The van der Waals surface area contributed by atoms with Crippen LogP contribution in [0.1, 0.15) is 63.0 Å². The molecule has 34 heavy (non-hydrogen) atoms. The number of rotatable bonds is 4. The minimum atomic E-state index is -1.35. The maximum atomic E-state index is 12.6. The van der Waals surface area contributed by atoms with Gasteiger partial charge in [-0.25, -0.2) is 0 Å². The summed E-state index contributed by atoms with van der Waals surface area (Å²) in [6.07, 6.45) is 0.902. The lowest BCUT2D eigenvalue weighted by Crippen LogP contribution is -2.65. The Labute approximate surface area is 199 Å². The molecule has 3 aliphatic carbocycles. The summed E-state index contributed by atoms with van der Waals surface area (Å²) in [4.78, 5) is 24.2. The minimum Gasteiger partial charge on any atom is -0.463 e. The summed E-state index contributed by atoms with van der Waals surface area (Å²) in [5.41, 5.74) is 2.41. The van der Waals surface area contributed by atoms with E-state index in [1.165, 1.54) is 18.1 Å². The first kappa shape index (κ1) is 23.7. The van der Waals surface area contributed by atoms with Crippen LogP contribution in [0.5, 0.6) is 5.75 Å². The molecule has 3 unspecified atom stereocenters. The number of carbonyl (C=O) groups is 2. The Balaban J connectivity index is 1.36. The Kier molecular flexibility index (Phi) is 6.21. The van der Waals surface area contributed by atoms with Crippen molar-refractivity contribution in [3.63, 3.8) is 0 Å². The molecule has 0 aromatic heterocycles. The van der Waals surface area contributed by atoms with Crippen LogP contribution in [0.25, 0.3) is 0 Å². The summed E-state index contributed by atoms with van der Waals surface area (Å²) in [7, 11) is 0. The van der Waals surface area contributed by atoms with Crippen molar-refractivity contribution in [1.29, 1.82) is 0 Å². The summed E-state index contributed by atoms with van der Waals surface area (Å²) in [6.45, 7) is 3.01. The molecule has 1 heterocycles. The number of ether oxygens (including phenoxy) is 2. The van der Waals surface area contributed by atoms with Crippen molar-refractivity contribution in [2.24, 2.45) is 17.3 Å². The van der Waals surface area contributed by atoms with Crippen molar-refractivity contribution < 1.29 is 34.4 Å². The fourth-order valence-corrected chi connectivity index (χ4v) is 7.11. The molecule has 1 amide bonds. The van der Waals surface area contributed by atoms with Gasteiger partial charge in [-0.3, -0.25) is 9.59 Å². The van der Waals surface area contributed by atoms with Crippen LogP contribution in [0.15, 0.2) is 18.2 Å². The lowest BCUT2D eigenvalue weighted by atomic mass is 9.55. The summed E-state index contributed by atoms with van der Waals surface area (Å²) >= 11 is 0. The van der Waals surface area contributed by atoms with Gasteiger partial charge in [-0.2, -0.15) is 0 Å². The summed E-state index contributed by atoms with van der Waals surface area (Å²) in [5.74, 6) is 2.07. The number of aryl methyl sites for hydroxylation is 1. The standard InChI is InChI=1S/C26H35NO7/c1-13(29)27-22-24(32)23(31)20(12-28)34-25(22)33-15-4-6-16-14(11-15)3-5-18-17(16)9-10-26(2)19(18)7-8-21(26)30/h4,6,11,17-20,22-25,28,31-32H,3,5,7-10,12H2,1-2H3,(H,27,29)/t17?,18?,19?,20-,22-,23-,24-,25-,26+/m1/s1. The van der Waals surface area contributed by atoms with Crippen LogP contribution in [0.2, 0.25) is 0 Å². The monoisotopic (exact) mass is 473 g/mol. The number of fused-ring (bicyclic) bond motifs is 5. The zero-order valence-electron chi connectivity index (χ0n) is 19.8. The number of benzene rings is 1. The zero-order chi connectivity index (χ0) is 24.2. The van der Waals surface area contributed by atoms with Crippen molar-refractivity contribution in [2.45, 2.75) is 88.9 Å². The molecule has 0 spiro atoms. The van der Waals surface area contributed by atoms with Gasteiger partial charge in [0.1, 0.15) is 35.9 Å². The Morgan fingerprint density at radius 3 is 2.74 bits per heavy atom. The van der Waals surface area contributed by atoms with Crippen molar-refractivity contribution in [3.8, 4) is 5.75 Å². The molecule has 5 rings (SSSR count). The fraction of sp³-hybridized carbons (Fsp3) is 0.692. The van der Waals surface area contributed by atoms with E-state index >= 15 is 0 Å². The lowest BCUT2D eigenvalue weighted by molar-refractivity contribution is -0.244. The molecule has 8 heteroatoms. The van der Waals surface area contributed by atoms with E-state index < -0.39 is 37.3 Å². The third kappa shape index (κ3) is 3.85. The Morgan fingerprint density at radius 1 is 1.21 bits per heavy atom. The molecule has 0 radical (unpaired) electrons. The number of hydrogen-bond donors (Lipinski definition) is 4. The molecular formula is C26H35NO7. The summed E-state index contributed by atoms with van der Waals surface area (Å²) < 4.78 is 11.8. The first-order valence-electron chi connectivity index (χ1n) is 12.4. The predicted molar refractivity (Wildman–Crippen MR) is 122 cm³/mol. The number of Topliss-reactive ketones (excluding diaryl/α,β-unsaturated/α-hetero) is 1. The maximum absolute atomic E-state index is 12.6. The van der Waals surface area contributed by atoms with Crippen LogP contribution in [0.3, 0.4) is 0 Å². The minimum absolute atomic E-state index is 0.145. The van der Waals surface area contributed by atoms with Gasteiger partial charge in [0.15, 0.2) is 0 Å². The molecular weight excluding hydrogens is 438 g/mol. The number of hydrogen-bond acceptors (Lipinski definition) is 7. The van der Waals surface area contributed by atoms with Crippen LogP contribution < -0.4 is 10.1 Å². The van der Waals surface area contributed by atoms with Crippen molar-refractivity contribution in [2.75, 3.05) is 6.61 Å². The molecule has 4 aliphatic rings. The highest BCUT2D eigenvalue weighted by Gasteiger charge is 2.54. The first-order chi connectivity index (χ1) is 16.2. The fourth-order valence-electron chi connectivity index (χ4n) is 7.11. The molecule has 0 bridgehead atoms. The van der Waals surface area contributed by atoms with Gasteiger partial charge in [0.2, 0.25) is 12.2 Å². The number of amides is 1. The van der Waals surface area contributed by atoms with Crippen LogP contribution in [-0.4, -0.2) is 64.3 Å². The second-order valence-corrected chi connectivity index (χ2v) is 10.7. The molecule has 3 fully saturated rings. The molecule has 186 valence electrons. The van der Waals surface area contributed by atoms with E-state index in [0.717, 1.165) is 38.5 Å². The van der Waals surface area contributed by atoms with E-state index in [4.69, 9.17) is 9.47 Å². The van der Waals surface area contributed by atoms with Crippen LogP contribution in [0, 0.1) is 17.3 Å². The Hall–Kier alpha value is -2.00. The van der Waals surface area contributed by atoms with E-state index in [0.29, 0.717) is 29.3 Å². The smallest absolute Gasteiger partial charge is 0.223 e. The highest BCUT2D eigenvalue weighted by atomic mass is 16.7. The van der Waals surface area contributed by atoms with E-state index in [-0.39, 0.29) is 11.3 Å². The lowest BCUT2D eigenvalue weighted by Gasteiger charge is -2.48. The molecule has 1 saturated heterocycles. The van der Waals surface area contributed by atoms with E-state index in [9.17, 15) is 24.9 Å². The number of carbonyl (C=O) groups excluding carboxylic acids is 2. The quantitative estimate of drug-likeness (QED) is 0.521. The van der Waals surface area contributed by atoms with Crippen LogP contribution in [0.4, 0.5) is 0 Å². The molecule has 8 nitrogen and oxygen atoms in total. The highest BCUT2D eigenvalue weighted by molar-refractivity contribution is 5.87.